The number of nitrogens with one attached hydrogen (secondary N) is 2. The Kier molecular flexibility index (Phi) is 71.6. The molecule has 0 heterocycles. The van der Waals surface area contributed by atoms with Gasteiger partial charge in [0.2, 0.25) is 0 Å². The smallest absolute Gasteiger partial charge is 0.119 e. The first-order valence-corrected chi connectivity index (χ1v) is 24.5. The van der Waals surface area contributed by atoms with E-state index in [9.17, 15) is 4.79 Å². The lowest BCUT2D eigenvalue weighted by Gasteiger charge is -2.25. The molecule has 0 spiro atoms. The number of aliphatic hydroxyl groups is 1. The van der Waals surface area contributed by atoms with Gasteiger partial charge in [0.15, 0.2) is 0 Å². The molecule has 0 aromatic heterocycles. The third kappa shape index (κ3) is 70.5. The van der Waals surface area contributed by atoms with Crippen molar-refractivity contribution in [2.24, 2.45) is 5.41 Å². The van der Waals surface area contributed by atoms with Gasteiger partial charge in [-0.1, -0.05) is 248 Å². The van der Waals surface area contributed by atoms with Crippen molar-refractivity contribution in [2.45, 2.75) is 260 Å². The van der Waals surface area contributed by atoms with Crippen LogP contribution in [-0.2, 0) is 9.53 Å². The van der Waals surface area contributed by atoms with Gasteiger partial charge >= 0.3 is 0 Å². The van der Waals surface area contributed by atoms with Crippen LogP contribution in [0.4, 0.5) is 0 Å². The summed E-state index contributed by atoms with van der Waals surface area (Å²) in [6.45, 7) is 25.2. The van der Waals surface area contributed by atoms with Crippen LogP contribution in [0.5, 0.6) is 0 Å². The van der Waals surface area contributed by atoms with E-state index in [0.717, 1.165) is 31.1 Å². The first-order chi connectivity index (χ1) is 27.2. The molecular formula is C51H108N2O3. The molecule has 0 radical (unpaired) electrons. The second-order valence-corrected chi connectivity index (χ2v) is 16.5. The summed E-state index contributed by atoms with van der Waals surface area (Å²) >= 11 is 0. The third-order valence-electron chi connectivity index (χ3n) is 9.96. The van der Waals surface area contributed by atoms with Crippen molar-refractivity contribution in [3.05, 3.63) is 25.1 Å². The van der Waals surface area contributed by atoms with Crippen LogP contribution in [0.1, 0.15) is 260 Å². The van der Waals surface area contributed by atoms with E-state index in [-0.39, 0.29) is 5.41 Å². The highest BCUT2D eigenvalue weighted by Gasteiger charge is 2.20. The number of unbranched alkanes of at least 4 members (excludes halogenated alkanes) is 29. The summed E-state index contributed by atoms with van der Waals surface area (Å²) in [5.74, 6) is 0. The average molecular weight is 797 g/mol. The molecule has 0 unspecified atom stereocenters. The van der Waals surface area contributed by atoms with E-state index in [1.807, 2.05) is 7.05 Å². The molecule has 0 aliphatic rings. The molecule has 0 amide bonds. The fourth-order valence-electron chi connectivity index (χ4n) is 6.28. The van der Waals surface area contributed by atoms with Gasteiger partial charge in [-0.2, -0.15) is 0 Å². The molecule has 0 fully saturated rings. The van der Waals surface area contributed by atoms with Gasteiger partial charge in [-0.05, 0) is 32.4 Å². The molecule has 56 heavy (non-hydrogen) atoms. The van der Waals surface area contributed by atoms with Crippen LogP contribution in [0.25, 0.3) is 0 Å². The predicted octanol–water partition coefficient (Wildman–Crippen LogP) is 16.8. The second-order valence-electron chi connectivity index (χ2n) is 16.5. The fourth-order valence-corrected chi connectivity index (χ4v) is 6.28. The highest BCUT2D eigenvalue weighted by atomic mass is 16.5. The molecule has 0 aliphatic heterocycles. The second kappa shape index (κ2) is 62.9. The zero-order valence-electron chi connectivity index (χ0n) is 40.3. The highest BCUT2D eigenvalue weighted by Crippen LogP contribution is 2.22. The molecule has 3 N–H and O–H groups in total. The number of carbonyl (C=O) groups is 1. The van der Waals surface area contributed by atoms with Crippen molar-refractivity contribution in [2.75, 3.05) is 33.9 Å². The Morgan fingerprint density at radius 1 is 0.554 bits per heavy atom. The lowest BCUT2D eigenvalue weighted by atomic mass is 9.91. The van der Waals surface area contributed by atoms with Gasteiger partial charge in [-0.15, -0.1) is 0 Å². The molecular weight excluding hydrogens is 689 g/mol. The molecule has 0 aromatic rings. The molecule has 0 bridgehead atoms. The van der Waals surface area contributed by atoms with Gasteiger partial charge in [0, 0.05) is 31.7 Å². The Morgan fingerprint density at radius 2 is 0.804 bits per heavy atom. The first kappa shape index (κ1) is 63.8. The summed E-state index contributed by atoms with van der Waals surface area (Å²) in [6, 6.07) is 0. The quantitative estimate of drug-likeness (QED) is 0.0330. The van der Waals surface area contributed by atoms with Gasteiger partial charge in [0.25, 0.3) is 0 Å². The summed E-state index contributed by atoms with van der Waals surface area (Å²) in [7, 11) is 3.57. The Morgan fingerprint density at radius 3 is 1.04 bits per heavy atom. The van der Waals surface area contributed by atoms with Gasteiger partial charge in [0.1, 0.15) is 6.29 Å². The van der Waals surface area contributed by atoms with Crippen molar-refractivity contribution < 1.29 is 14.6 Å². The minimum Gasteiger partial charge on any atom is -0.516 e. The van der Waals surface area contributed by atoms with Gasteiger partial charge in [-0.25, -0.2) is 0 Å². The SMILES string of the molecule is C=C(NC)C(C)(C)COC.C=CO.CCC.CCCCCCC=O.CCCCCCCCCCCCCCCCNCCCCCCCCCCCCCCC. The zero-order valence-corrected chi connectivity index (χ0v) is 40.3. The van der Waals surface area contributed by atoms with Crippen molar-refractivity contribution in [3.63, 3.8) is 0 Å². The van der Waals surface area contributed by atoms with Gasteiger partial charge < -0.3 is 25.3 Å². The highest BCUT2D eigenvalue weighted by molar-refractivity contribution is 5.48. The number of methoxy groups -OCH3 is 1. The average Bonchev–Trinajstić information content (AvgIpc) is 3.18. The number of aldehydes is 1. The van der Waals surface area contributed by atoms with Crippen LogP contribution in [0, 0.1) is 5.41 Å². The summed E-state index contributed by atoms with van der Waals surface area (Å²) in [5, 5.41) is 14.0. The normalized spacial score (nSPS) is 10.4. The van der Waals surface area contributed by atoms with E-state index in [2.05, 4.69) is 72.3 Å². The number of rotatable bonds is 38. The van der Waals surface area contributed by atoms with E-state index in [1.54, 1.807) is 7.11 Å². The Labute approximate surface area is 355 Å². The van der Waals surface area contributed by atoms with E-state index in [4.69, 9.17) is 9.84 Å². The topological polar surface area (TPSA) is 70.6 Å². The van der Waals surface area contributed by atoms with Crippen LogP contribution in [0.15, 0.2) is 25.1 Å². The Bertz CT molecular complexity index is 652. The van der Waals surface area contributed by atoms with E-state index >= 15 is 0 Å². The van der Waals surface area contributed by atoms with E-state index in [0.29, 0.717) is 6.61 Å². The van der Waals surface area contributed by atoms with Crippen molar-refractivity contribution in [1.82, 2.24) is 10.6 Å². The summed E-state index contributed by atoms with van der Waals surface area (Å²) in [6.07, 6.45) is 47.8. The van der Waals surface area contributed by atoms with E-state index in [1.165, 1.54) is 212 Å². The van der Waals surface area contributed by atoms with Crippen LogP contribution < -0.4 is 10.6 Å². The maximum Gasteiger partial charge on any atom is 0.119 e. The fraction of sp³-hybridized carbons (Fsp3) is 0.902. The lowest BCUT2D eigenvalue weighted by Crippen LogP contribution is -2.27. The molecule has 0 rings (SSSR count). The predicted molar refractivity (Wildman–Crippen MR) is 256 cm³/mol. The molecule has 0 saturated carbocycles. The number of aliphatic hydroxyl groups excluding tert-OH is 1. The Hall–Kier alpha value is -1.33. The maximum absolute atomic E-state index is 9.77. The Balaban J connectivity index is -0.000000290. The van der Waals surface area contributed by atoms with Gasteiger partial charge in [0.05, 0.1) is 12.9 Å². The summed E-state index contributed by atoms with van der Waals surface area (Å²) in [4.78, 5) is 9.77. The van der Waals surface area contributed by atoms with Gasteiger partial charge in [-0.3, -0.25) is 0 Å². The van der Waals surface area contributed by atoms with Crippen LogP contribution in [0.2, 0.25) is 0 Å². The minimum absolute atomic E-state index is 0.0312. The molecule has 340 valence electrons. The molecule has 5 heteroatoms. The number of hydrogen-bond donors (Lipinski definition) is 3. The molecule has 0 atom stereocenters. The standard InChI is InChI=1S/C31H65N.C8H17NO.C7H14O.C3H8.C2H4O/c1-3-5-7-9-11-13-15-17-19-21-23-25-27-29-31-32-30-28-26-24-22-20-18-16-14-12-10-8-6-4-2;1-7(9-4)8(2,3)6-10-5;1-2-3-4-5-6-7-8;1-3-2;1-2-3/h32H,3-31H2,1-2H3;9H,1,6H2,2-5H3;7H,2-6H2,1H3;3H2,1-2H3;2-3H,1H2. The summed E-state index contributed by atoms with van der Waals surface area (Å²) in [5.41, 5.74) is 1.04. The minimum atomic E-state index is 0.0312. The largest absolute Gasteiger partial charge is 0.516 e. The number of ether oxygens (including phenoxy) is 1. The van der Waals surface area contributed by atoms with Crippen LogP contribution in [0.3, 0.4) is 0 Å². The lowest BCUT2D eigenvalue weighted by molar-refractivity contribution is -0.107. The maximum atomic E-state index is 9.77. The monoisotopic (exact) mass is 797 g/mol. The third-order valence-corrected chi connectivity index (χ3v) is 9.96. The molecule has 5 nitrogen and oxygen atoms in total. The first-order valence-electron chi connectivity index (χ1n) is 24.5. The van der Waals surface area contributed by atoms with Crippen molar-refractivity contribution >= 4 is 6.29 Å². The van der Waals surface area contributed by atoms with Crippen molar-refractivity contribution in [3.8, 4) is 0 Å². The number of hydrogen-bond acceptors (Lipinski definition) is 5. The molecule has 0 aliphatic carbocycles. The van der Waals surface area contributed by atoms with Crippen LogP contribution >= 0.6 is 0 Å². The van der Waals surface area contributed by atoms with Crippen molar-refractivity contribution in [1.29, 1.82) is 0 Å². The number of carbonyl (C=O) groups excluding carboxylic acids is 1. The molecule has 0 aromatic carbocycles. The summed E-state index contributed by atoms with van der Waals surface area (Å²) < 4.78 is 5.03. The zero-order chi connectivity index (χ0) is 43.1. The molecule has 0 saturated heterocycles. The van der Waals surface area contributed by atoms with E-state index < -0.39 is 0 Å². The van der Waals surface area contributed by atoms with Crippen LogP contribution in [-0.4, -0.2) is 45.2 Å².